The first-order valence-corrected chi connectivity index (χ1v) is 7.39. The zero-order valence-corrected chi connectivity index (χ0v) is 12.1. The van der Waals surface area contributed by atoms with Crippen LogP contribution in [-0.4, -0.2) is 27.8 Å². The Hall–Kier alpha value is -1.93. The van der Waals surface area contributed by atoms with Crippen molar-refractivity contribution in [3.05, 3.63) is 34.8 Å². The molecular formula is C12H10N3O3S2-. The summed E-state index contributed by atoms with van der Waals surface area (Å²) in [6, 6.07) is 5.80. The highest BCUT2D eigenvalue weighted by Gasteiger charge is 2.07. The molecule has 0 aliphatic rings. The molecule has 0 spiro atoms. The highest BCUT2D eigenvalue weighted by atomic mass is 32.2. The predicted molar refractivity (Wildman–Crippen MR) is 74.8 cm³/mol. The summed E-state index contributed by atoms with van der Waals surface area (Å²) >= 11 is 2.74. The van der Waals surface area contributed by atoms with Gasteiger partial charge in [-0.2, -0.15) is 0 Å². The second-order valence-corrected chi connectivity index (χ2v) is 6.19. The van der Waals surface area contributed by atoms with Crippen LogP contribution in [0.1, 0.15) is 15.4 Å². The van der Waals surface area contributed by atoms with E-state index in [1.807, 2.05) is 6.92 Å². The fourth-order valence-corrected chi connectivity index (χ4v) is 2.97. The Balaban J connectivity index is 1.86. The van der Waals surface area contributed by atoms with Gasteiger partial charge in [-0.25, -0.2) is 0 Å². The first-order valence-electron chi connectivity index (χ1n) is 5.59. The summed E-state index contributed by atoms with van der Waals surface area (Å²) in [7, 11) is 0. The minimum atomic E-state index is -1.25. The lowest BCUT2D eigenvalue weighted by atomic mass is 10.2. The van der Waals surface area contributed by atoms with E-state index in [-0.39, 0.29) is 17.2 Å². The number of rotatable bonds is 5. The van der Waals surface area contributed by atoms with Gasteiger partial charge in [0.1, 0.15) is 5.01 Å². The van der Waals surface area contributed by atoms with Gasteiger partial charge in [0, 0.05) is 5.69 Å². The van der Waals surface area contributed by atoms with E-state index in [1.165, 1.54) is 47.4 Å². The van der Waals surface area contributed by atoms with Crippen LogP contribution in [0.15, 0.2) is 28.6 Å². The van der Waals surface area contributed by atoms with Crippen LogP contribution < -0.4 is 10.4 Å². The molecule has 1 amide bonds. The molecule has 0 saturated heterocycles. The van der Waals surface area contributed by atoms with Gasteiger partial charge in [-0.15, -0.1) is 10.2 Å². The van der Waals surface area contributed by atoms with Crippen molar-refractivity contribution in [3.8, 4) is 0 Å². The van der Waals surface area contributed by atoms with E-state index in [1.54, 1.807) is 0 Å². The van der Waals surface area contributed by atoms with E-state index in [4.69, 9.17) is 0 Å². The average molecular weight is 308 g/mol. The van der Waals surface area contributed by atoms with E-state index < -0.39 is 5.97 Å². The van der Waals surface area contributed by atoms with Gasteiger partial charge in [-0.3, -0.25) is 4.79 Å². The third-order valence-electron chi connectivity index (χ3n) is 2.24. The number of carboxylic acids is 1. The molecule has 2 aromatic rings. The predicted octanol–water partition coefficient (Wildman–Crippen LogP) is 0.941. The molecule has 6 nitrogen and oxygen atoms in total. The van der Waals surface area contributed by atoms with Crippen LogP contribution in [0.25, 0.3) is 0 Å². The molecule has 0 aliphatic carbocycles. The fraction of sp³-hybridized carbons (Fsp3) is 0.167. The summed E-state index contributed by atoms with van der Waals surface area (Å²) in [4.78, 5) is 22.3. The van der Waals surface area contributed by atoms with Crippen molar-refractivity contribution < 1.29 is 14.7 Å². The van der Waals surface area contributed by atoms with Gasteiger partial charge in [0.05, 0.1) is 11.7 Å². The van der Waals surface area contributed by atoms with Crippen LogP contribution in [0.2, 0.25) is 0 Å². The van der Waals surface area contributed by atoms with Gasteiger partial charge in [0.2, 0.25) is 5.91 Å². The largest absolute Gasteiger partial charge is 0.545 e. The Morgan fingerprint density at radius 2 is 2.00 bits per heavy atom. The third-order valence-corrected chi connectivity index (χ3v) is 4.21. The third kappa shape index (κ3) is 4.04. The quantitative estimate of drug-likeness (QED) is 0.826. The number of thioether (sulfide) groups is 1. The molecule has 0 aliphatic heterocycles. The zero-order chi connectivity index (χ0) is 14.5. The molecule has 0 unspecified atom stereocenters. The summed E-state index contributed by atoms with van der Waals surface area (Å²) < 4.78 is 0.741. The number of hydrogen-bond donors (Lipinski definition) is 1. The SMILES string of the molecule is Cc1nnc(SCC(=O)Nc2ccc(C(=O)[O-])cc2)s1. The summed E-state index contributed by atoms with van der Waals surface area (Å²) in [6.07, 6.45) is 0. The maximum Gasteiger partial charge on any atom is 0.234 e. The number of aromatic carboxylic acids is 1. The first kappa shape index (κ1) is 14.5. The number of aryl methyl sites for hydroxylation is 1. The number of nitrogens with zero attached hydrogens (tertiary/aromatic N) is 2. The maximum absolute atomic E-state index is 11.7. The molecule has 0 fully saturated rings. The van der Waals surface area contributed by atoms with E-state index in [2.05, 4.69) is 15.5 Å². The van der Waals surface area contributed by atoms with Crippen LogP contribution in [0.3, 0.4) is 0 Å². The molecule has 0 atom stereocenters. The number of nitrogens with one attached hydrogen (secondary N) is 1. The van der Waals surface area contributed by atoms with Crippen LogP contribution in [0.5, 0.6) is 0 Å². The lowest BCUT2D eigenvalue weighted by molar-refractivity contribution is -0.255. The molecule has 1 aromatic carbocycles. The lowest BCUT2D eigenvalue weighted by Gasteiger charge is -2.06. The van der Waals surface area contributed by atoms with Crippen LogP contribution in [-0.2, 0) is 4.79 Å². The van der Waals surface area contributed by atoms with Crippen molar-refractivity contribution in [2.45, 2.75) is 11.3 Å². The van der Waals surface area contributed by atoms with Gasteiger partial charge in [-0.1, -0.05) is 35.2 Å². The number of anilines is 1. The van der Waals surface area contributed by atoms with Crippen molar-refractivity contribution >= 4 is 40.7 Å². The zero-order valence-electron chi connectivity index (χ0n) is 10.5. The first-order chi connectivity index (χ1) is 9.54. The lowest BCUT2D eigenvalue weighted by Crippen LogP contribution is -2.22. The van der Waals surface area contributed by atoms with Gasteiger partial charge in [0.25, 0.3) is 0 Å². The number of carbonyl (C=O) groups excluding carboxylic acids is 2. The second-order valence-electron chi connectivity index (χ2n) is 3.79. The molecule has 1 aromatic heterocycles. The van der Waals surface area contributed by atoms with Crippen molar-refractivity contribution in [1.82, 2.24) is 10.2 Å². The van der Waals surface area contributed by atoms with Crippen molar-refractivity contribution in [1.29, 1.82) is 0 Å². The maximum atomic E-state index is 11.7. The Labute approximate surface area is 123 Å². The van der Waals surface area contributed by atoms with Crippen LogP contribution in [0.4, 0.5) is 5.69 Å². The van der Waals surface area contributed by atoms with Crippen molar-refractivity contribution in [2.24, 2.45) is 0 Å². The topological polar surface area (TPSA) is 95.0 Å². The second kappa shape index (κ2) is 6.49. The number of benzene rings is 1. The Kier molecular flexibility index (Phi) is 4.70. The Morgan fingerprint density at radius 3 is 2.55 bits per heavy atom. The number of hydrogen-bond acceptors (Lipinski definition) is 7. The van der Waals surface area contributed by atoms with Crippen LogP contribution >= 0.6 is 23.1 Å². The molecule has 20 heavy (non-hydrogen) atoms. The summed E-state index contributed by atoms with van der Waals surface area (Å²) in [6.45, 7) is 1.85. The number of carboxylic acid groups (broad SMARTS) is 1. The van der Waals surface area contributed by atoms with Gasteiger partial charge < -0.3 is 15.2 Å². The minimum Gasteiger partial charge on any atom is -0.545 e. The molecule has 8 heteroatoms. The molecule has 0 saturated carbocycles. The molecule has 0 bridgehead atoms. The summed E-state index contributed by atoms with van der Waals surface area (Å²) in [5, 5.41) is 21.9. The summed E-state index contributed by atoms with van der Waals surface area (Å²) in [5.74, 6) is -1.22. The van der Waals surface area contributed by atoms with E-state index in [0.717, 1.165) is 9.35 Å². The average Bonchev–Trinajstić information content (AvgIpc) is 2.83. The normalized spacial score (nSPS) is 10.2. The van der Waals surface area contributed by atoms with Gasteiger partial charge in [0.15, 0.2) is 4.34 Å². The van der Waals surface area contributed by atoms with E-state index in [0.29, 0.717) is 5.69 Å². The molecule has 2 rings (SSSR count). The number of carbonyl (C=O) groups is 2. The highest BCUT2D eigenvalue weighted by Crippen LogP contribution is 2.21. The number of amides is 1. The standard InChI is InChI=1S/C12H11N3O3S2/c1-7-14-15-12(20-7)19-6-10(16)13-9-4-2-8(3-5-9)11(17)18/h2-5H,6H2,1H3,(H,13,16)(H,17,18)/p-1. The fourth-order valence-electron chi connectivity index (χ4n) is 1.35. The van der Waals surface area contributed by atoms with Gasteiger partial charge in [-0.05, 0) is 24.6 Å². The number of aromatic nitrogens is 2. The minimum absolute atomic E-state index is 0.0710. The molecule has 1 heterocycles. The van der Waals surface area contributed by atoms with Gasteiger partial charge >= 0.3 is 0 Å². The molecule has 0 radical (unpaired) electrons. The van der Waals surface area contributed by atoms with E-state index >= 15 is 0 Å². The Bertz CT molecular complexity index is 625. The Morgan fingerprint density at radius 1 is 1.30 bits per heavy atom. The molecule has 104 valence electrons. The monoisotopic (exact) mass is 308 g/mol. The molecular weight excluding hydrogens is 298 g/mol. The van der Waals surface area contributed by atoms with E-state index in [9.17, 15) is 14.7 Å². The van der Waals surface area contributed by atoms with Crippen molar-refractivity contribution in [3.63, 3.8) is 0 Å². The summed E-state index contributed by atoms with van der Waals surface area (Å²) in [5.41, 5.74) is 0.607. The highest BCUT2D eigenvalue weighted by molar-refractivity contribution is 8.01. The molecule has 1 N–H and O–H groups in total. The van der Waals surface area contributed by atoms with Crippen molar-refractivity contribution in [2.75, 3.05) is 11.1 Å². The van der Waals surface area contributed by atoms with Crippen LogP contribution in [0, 0.1) is 6.92 Å². The smallest absolute Gasteiger partial charge is 0.234 e.